The Labute approximate surface area is 180 Å². The first-order valence-corrected chi connectivity index (χ1v) is 10.0. The summed E-state index contributed by atoms with van der Waals surface area (Å²) < 4.78 is 5.71. The molecule has 0 saturated carbocycles. The summed E-state index contributed by atoms with van der Waals surface area (Å²) in [4.78, 5) is 23.1. The Balaban J connectivity index is 1.43. The van der Waals surface area contributed by atoms with Gasteiger partial charge in [-0.2, -0.15) is 0 Å². The summed E-state index contributed by atoms with van der Waals surface area (Å²) in [5, 5.41) is 11.4. The number of morpholine rings is 1. The summed E-state index contributed by atoms with van der Waals surface area (Å²) >= 11 is 0. The first kappa shape index (κ1) is 20.6. The molecule has 1 fully saturated rings. The zero-order valence-electron chi connectivity index (χ0n) is 17.0. The summed E-state index contributed by atoms with van der Waals surface area (Å²) in [7, 11) is 0. The van der Waals surface area contributed by atoms with E-state index in [1.165, 1.54) is 0 Å². The number of nitrogens with zero attached hydrogens (tertiary/aromatic N) is 3. The number of hydrogen-bond acceptors (Lipinski definition) is 7. The van der Waals surface area contributed by atoms with Crippen LogP contribution in [0.2, 0.25) is 0 Å². The average Bonchev–Trinajstić information content (AvgIpc) is 2.81. The number of benzene rings is 1. The van der Waals surface area contributed by atoms with Gasteiger partial charge in [-0.05, 0) is 42.0 Å². The van der Waals surface area contributed by atoms with Crippen LogP contribution in [0.4, 0.5) is 11.4 Å². The number of ether oxygens (including phenoxy) is 1. The minimum Gasteiger partial charge on any atom is -0.398 e. The highest BCUT2D eigenvalue weighted by atomic mass is 16.5. The predicted octanol–water partition coefficient (Wildman–Crippen LogP) is 2.31. The van der Waals surface area contributed by atoms with Crippen molar-refractivity contribution in [3.05, 3.63) is 83.9 Å². The van der Waals surface area contributed by atoms with Crippen LogP contribution in [0, 0.1) is 5.41 Å². The van der Waals surface area contributed by atoms with Crippen LogP contribution in [0.5, 0.6) is 0 Å². The van der Waals surface area contributed by atoms with Gasteiger partial charge in [0.1, 0.15) is 6.10 Å². The van der Waals surface area contributed by atoms with Gasteiger partial charge in [-0.1, -0.05) is 6.07 Å². The van der Waals surface area contributed by atoms with E-state index >= 15 is 0 Å². The molecule has 1 amide bonds. The first-order valence-electron chi connectivity index (χ1n) is 10.0. The standard InChI is InChI=1S/C23H24N6O2/c24-20-4-3-18(12-19(20)22(25)17-5-8-26-9-6-17)28-23(30)21-15-29(10-11-31-21)14-16-2-1-7-27-13-16/h1-9,12-13,21,25H,10-11,14-15,24H2,(H,28,30). The number of rotatable bonds is 6. The maximum absolute atomic E-state index is 12.8. The normalized spacial score (nSPS) is 16.6. The van der Waals surface area contributed by atoms with E-state index in [1.54, 1.807) is 48.9 Å². The molecule has 4 N–H and O–H groups in total. The number of nitrogens with one attached hydrogen (secondary N) is 2. The van der Waals surface area contributed by atoms with Crippen LogP contribution in [0.3, 0.4) is 0 Å². The van der Waals surface area contributed by atoms with Gasteiger partial charge in [-0.15, -0.1) is 0 Å². The fourth-order valence-corrected chi connectivity index (χ4v) is 3.50. The quantitative estimate of drug-likeness (QED) is 0.419. The Morgan fingerprint density at radius 1 is 1.19 bits per heavy atom. The highest BCUT2D eigenvalue weighted by Gasteiger charge is 2.27. The zero-order chi connectivity index (χ0) is 21.6. The van der Waals surface area contributed by atoms with Crippen LogP contribution < -0.4 is 11.1 Å². The van der Waals surface area contributed by atoms with Crippen LogP contribution in [-0.4, -0.2) is 52.3 Å². The van der Waals surface area contributed by atoms with E-state index in [2.05, 4.69) is 20.2 Å². The summed E-state index contributed by atoms with van der Waals surface area (Å²) in [5.41, 5.74) is 9.74. The van der Waals surface area contributed by atoms with E-state index < -0.39 is 6.10 Å². The Morgan fingerprint density at radius 2 is 2.03 bits per heavy atom. The number of anilines is 2. The lowest BCUT2D eigenvalue weighted by atomic mass is 10.0. The van der Waals surface area contributed by atoms with E-state index in [4.69, 9.17) is 15.9 Å². The van der Waals surface area contributed by atoms with Crippen molar-refractivity contribution in [1.29, 1.82) is 5.41 Å². The van der Waals surface area contributed by atoms with Crippen molar-refractivity contribution in [3.8, 4) is 0 Å². The van der Waals surface area contributed by atoms with Crippen molar-refractivity contribution in [3.63, 3.8) is 0 Å². The van der Waals surface area contributed by atoms with Crippen molar-refractivity contribution < 1.29 is 9.53 Å². The van der Waals surface area contributed by atoms with Crippen LogP contribution in [-0.2, 0) is 16.1 Å². The molecule has 4 rings (SSSR count). The van der Waals surface area contributed by atoms with Gasteiger partial charge in [-0.25, -0.2) is 0 Å². The van der Waals surface area contributed by atoms with Gasteiger partial charge in [0.25, 0.3) is 5.91 Å². The monoisotopic (exact) mass is 416 g/mol. The molecule has 3 aromatic rings. The fourth-order valence-electron chi connectivity index (χ4n) is 3.50. The van der Waals surface area contributed by atoms with Crippen LogP contribution in [0.1, 0.15) is 16.7 Å². The molecule has 0 aliphatic carbocycles. The maximum atomic E-state index is 12.8. The molecule has 31 heavy (non-hydrogen) atoms. The van der Waals surface area contributed by atoms with Crippen molar-refractivity contribution in [2.45, 2.75) is 12.6 Å². The van der Waals surface area contributed by atoms with Gasteiger partial charge in [-0.3, -0.25) is 25.1 Å². The molecule has 158 valence electrons. The van der Waals surface area contributed by atoms with Gasteiger partial charge in [0, 0.05) is 66.9 Å². The van der Waals surface area contributed by atoms with Gasteiger partial charge in [0.2, 0.25) is 0 Å². The van der Waals surface area contributed by atoms with E-state index in [-0.39, 0.29) is 11.6 Å². The molecule has 8 heteroatoms. The molecule has 1 aromatic carbocycles. The molecular weight excluding hydrogens is 392 g/mol. The summed E-state index contributed by atoms with van der Waals surface area (Å²) in [6, 6.07) is 12.6. The minimum atomic E-state index is -0.578. The highest BCUT2D eigenvalue weighted by molar-refractivity contribution is 6.14. The Bertz CT molecular complexity index is 1060. The minimum absolute atomic E-state index is 0.220. The topological polar surface area (TPSA) is 117 Å². The maximum Gasteiger partial charge on any atom is 0.254 e. The summed E-state index contributed by atoms with van der Waals surface area (Å²) in [6.45, 7) is 2.46. The number of carbonyl (C=O) groups is 1. The van der Waals surface area contributed by atoms with Crippen LogP contribution in [0.15, 0.2) is 67.3 Å². The highest BCUT2D eigenvalue weighted by Crippen LogP contribution is 2.22. The van der Waals surface area contributed by atoms with Crippen molar-refractivity contribution in [2.24, 2.45) is 0 Å². The fraction of sp³-hybridized carbons (Fsp3) is 0.217. The molecule has 1 saturated heterocycles. The second-order valence-corrected chi connectivity index (χ2v) is 7.36. The Kier molecular flexibility index (Phi) is 6.30. The van der Waals surface area contributed by atoms with E-state index in [0.29, 0.717) is 35.7 Å². The van der Waals surface area contributed by atoms with E-state index in [0.717, 1.165) is 18.7 Å². The molecule has 1 atom stereocenters. The summed E-state index contributed by atoms with van der Waals surface area (Å²) in [5.74, 6) is -0.220. The second kappa shape index (κ2) is 9.46. The van der Waals surface area contributed by atoms with E-state index in [9.17, 15) is 4.79 Å². The third-order valence-electron chi connectivity index (χ3n) is 5.13. The molecule has 0 spiro atoms. The molecule has 2 aromatic heterocycles. The molecule has 1 aliphatic heterocycles. The Morgan fingerprint density at radius 3 is 2.81 bits per heavy atom. The number of carbonyl (C=O) groups excluding carboxylic acids is 1. The number of aromatic nitrogens is 2. The van der Waals surface area contributed by atoms with Crippen LogP contribution >= 0.6 is 0 Å². The lowest BCUT2D eigenvalue weighted by Crippen LogP contribution is -2.47. The Hall–Kier alpha value is -3.62. The number of nitrogens with two attached hydrogens (primary N) is 1. The average molecular weight is 416 g/mol. The number of amides is 1. The third-order valence-corrected chi connectivity index (χ3v) is 5.13. The lowest BCUT2D eigenvalue weighted by Gasteiger charge is -2.32. The molecule has 1 unspecified atom stereocenters. The van der Waals surface area contributed by atoms with Gasteiger partial charge in [0.15, 0.2) is 0 Å². The smallest absolute Gasteiger partial charge is 0.254 e. The molecule has 0 radical (unpaired) electrons. The van der Waals surface area contributed by atoms with Crippen molar-refractivity contribution in [2.75, 3.05) is 30.7 Å². The number of nitrogen functional groups attached to an aromatic ring is 1. The molecular formula is C23H24N6O2. The molecule has 0 bridgehead atoms. The predicted molar refractivity (Wildman–Crippen MR) is 119 cm³/mol. The van der Waals surface area contributed by atoms with E-state index in [1.807, 2.05) is 18.3 Å². The second-order valence-electron chi connectivity index (χ2n) is 7.36. The summed E-state index contributed by atoms with van der Waals surface area (Å²) in [6.07, 6.45) is 6.25. The zero-order valence-corrected chi connectivity index (χ0v) is 17.0. The van der Waals surface area contributed by atoms with Crippen molar-refractivity contribution in [1.82, 2.24) is 14.9 Å². The van der Waals surface area contributed by atoms with Gasteiger partial charge >= 0.3 is 0 Å². The van der Waals surface area contributed by atoms with Gasteiger partial charge < -0.3 is 15.8 Å². The third kappa shape index (κ3) is 5.11. The molecule has 8 nitrogen and oxygen atoms in total. The van der Waals surface area contributed by atoms with Crippen molar-refractivity contribution >= 4 is 23.0 Å². The molecule has 1 aliphatic rings. The lowest BCUT2D eigenvalue weighted by molar-refractivity contribution is -0.133. The van der Waals surface area contributed by atoms with Gasteiger partial charge in [0.05, 0.1) is 12.3 Å². The molecule has 3 heterocycles. The largest absolute Gasteiger partial charge is 0.398 e. The number of pyridine rings is 2. The SMILES string of the molecule is N=C(c1ccncc1)c1cc(NC(=O)C2CN(Cc3cccnc3)CCO2)ccc1N. The first-order chi connectivity index (χ1) is 15.1. The van der Waals surface area contributed by atoms with Crippen LogP contribution in [0.25, 0.3) is 0 Å². The number of hydrogen-bond donors (Lipinski definition) is 3.